The molecule has 0 saturated carbocycles. The maximum Gasteiger partial charge on any atom is 0.198 e. The van der Waals surface area contributed by atoms with Crippen molar-refractivity contribution in [2.24, 2.45) is 16.1 Å². The zero-order chi connectivity index (χ0) is 17.6. The summed E-state index contributed by atoms with van der Waals surface area (Å²) >= 11 is 0. The molecule has 1 aliphatic heterocycles. The van der Waals surface area contributed by atoms with Crippen molar-refractivity contribution in [3.8, 4) is 0 Å². The van der Waals surface area contributed by atoms with E-state index in [2.05, 4.69) is 67.3 Å². The molecular formula is C19H33N5. The summed E-state index contributed by atoms with van der Waals surface area (Å²) in [7, 11) is 4.11. The number of guanidine groups is 1. The monoisotopic (exact) mass is 331 g/mol. The summed E-state index contributed by atoms with van der Waals surface area (Å²) in [5, 5.41) is 3.53. The van der Waals surface area contributed by atoms with Crippen molar-refractivity contribution in [3.63, 3.8) is 0 Å². The molecular weight excluding hydrogens is 298 g/mol. The molecule has 5 nitrogen and oxygen atoms in total. The predicted octanol–water partition coefficient (Wildman–Crippen LogP) is 2.99. The average Bonchev–Trinajstić information content (AvgIpc) is 2.59. The van der Waals surface area contributed by atoms with Crippen molar-refractivity contribution in [2.75, 3.05) is 50.5 Å². The van der Waals surface area contributed by atoms with Gasteiger partial charge in [0.2, 0.25) is 0 Å². The van der Waals surface area contributed by atoms with Crippen LogP contribution in [-0.4, -0.2) is 51.1 Å². The van der Waals surface area contributed by atoms with Crippen LogP contribution >= 0.6 is 0 Å². The Bertz CT molecular complexity index is 527. The third kappa shape index (κ3) is 5.41. The van der Waals surface area contributed by atoms with E-state index in [-0.39, 0.29) is 5.41 Å². The van der Waals surface area contributed by atoms with Gasteiger partial charge in [0, 0.05) is 45.1 Å². The highest BCUT2D eigenvalue weighted by molar-refractivity contribution is 5.94. The normalized spacial score (nSPS) is 16.2. The molecule has 5 heteroatoms. The number of rotatable bonds is 5. The second kappa shape index (κ2) is 8.38. The van der Waals surface area contributed by atoms with E-state index in [1.807, 2.05) is 0 Å². The van der Waals surface area contributed by atoms with E-state index in [4.69, 9.17) is 10.7 Å². The molecule has 0 amide bonds. The van der Waals surface area contributed by atoms with Gasteiger partial charge >= 0.3 is 0 Å². The molecule has 0 aromatic heterocycles. The molecule has 0 bridgehead atoms. The number of hydrogen-bond donors (Lipinski definition) is 2. The Morgan fingerprint density at radius 1 is 1.17 bits per heavy atom. The van der Waals surface area contributed by atoms with Crippen molar-refractivity contribution in [3.05, 3.63) is 24.3 Å². The second-order valence-electron chi connectivity index (χ2n) is 7.62. The quantitative estimate of drug-likeness (QED) is 0.643. The lowest BCUT2D eigenvalue weighted by molar-refractivity contribution is 0.335. The molecule has 1 saturated heterocycles. The van der Waals surface area contributed by atoms with Crippen LogP contribution in [0.2, 0.25) is 0 Å². The van der Waals surface area contributed by atoms with Crippen LogP contribution in [0.25, 0.3) is 0 Å². The average molecular weight is 332 g/mol. The van der Waals surface area contributed by atoms with Gasteiger partial charge in [-0.25, -0.2) is 0 Å². The summed E-state index contributed by atoms with van der Waals surface area (Å²) in [4.78, 5) is 9.36. The standard InChI is InChI=1S/C19H33N5/c1-19(2,14-20)15-21-18(24-12-6-5-7-13-24)22-16-8-10-17(11-9-16)23(3)4/h8-11H,5-7,12-15,20H2,1-4H3,(H,21,22). The molecule has 0 aliphatic carbocycles. The Kier molecular flexibility index (Phi) is 6.49. The second-order valence-corrected chi connectivity index (χ2v) is 7.62. The number of benzene rings is 1. The zero-order valence-corrected chi connectivity index (χ0v) is 15.7. The van der Waals surface area contributed by atoms with Gasteiger partial charge in [0.1, 0.15) is 0 Å². The minimum atomic E-state index is 0.0253. The van der Waals surface area contributed by atoms with Gasteiger partial charge in [-0.15, -0.1) is 0 Å². The molecule has 0 spiro atoms. The Hall–Kier alpha value is -1.75. The number of aliphatic imine (C=N–C) groups is 1. The van der Waals surface area contributed by atoms with Crippen molar-refractivity contribution in [1.29, 1.82) is 0 Å². The van der Waals surface area contributed by atoms with E-state index in [0.29, 0.717) is 6.54 Å². The topological polar surface area (TPSA) is 56.9 Å². The van der Waals surface area contributed by atoms with Crippen LogP contribution in [0.1, 0.15) is 33.1 Å². The first-order chi connectivity index (χ1) is 11.4. The predicted molar refractivity (Wildman–Crippen MR) is 105 cm³/mol. The Labute approximate surface area is 146 Å². The van der Waals surface area contributed by atoms with Gasteiger partial charge in [-0.3, -0.25) is 4.99 Å². The highest BCUT2D eigenvalue weighted by Gasteiger charge is 2.19. The number of nitrogens with zero attached hydrogens (tertiary/aromatic N) is 3. The molecule has 1 aliphatic rings. The molecule has 1 fully saturated rings. The highest BCUT2D eigenvalue weighted by Crippen LogP contribution is 2.19. The molecule has 1 aromatic rings. The lowest BCUT2D eigenvalue weighted by Gasteiger charge is -2.31. The van der Waals surface area contributed by atoms with Gasteiger partial charge < -0.3 is 20.9 Å². The minimum absolute atomic E-state index is 0.0253. The van der Waals surface area contributed by atoms with Crippen LogP contribution in [0.4, 0.5) is 11.4 Å². The first kappa shape index (κ1) is 18.6. The van der Waals surface area contributed by atoms with Crippen molar-refractivity contribution in [2.45, 2.75) is 33.1 Å². The summed E-state index contributed by atoms with van der Waals surface area (Å²) in [6.45, 7) is 7.85. The van der Waals surface area contributed by atoms with Crippen molar-refractivity contribution < 1.29 is 0 Å². The molecule has 1 heterocycles. The number of nitrogens with one attached hydrogen (secondary N) is 1. The van der Waals surface area contributed by atoms with Crippen LogP contribution in [0.5, 0.6) is 0 Å². The van der Waals surface area contributed by atoms with Gasteiger partial charge in [-0.05, 0) is 55.5 Å². The Morgan fingerprint density at radius 2 is 1.79 bits per heavy atom. The van der Waals surface area contributed by atoms with Gasteiger partial charge in [-0.1, -0.05) is 13.8 Å². The van der Waals surface area contributed by atoms with Gasteiger partial charge in [0.25, 0.3) is 0 Å². The maximum atomic E-state index is 5.86. The fourth-order valence-electron chi connectivity index (χ4n) is 2.65. The third-order valence-electron chi connectivity index (χ3n) is 4.50. The van der Waals surface area contributed by atoms with Crippen LogP contribution in [0.3, 0.4) is 0 Å². The van der Waals surface area contributed by atoms with Crippen molar-refractivity contribution in [1.82, 2.24) is 4.90 Å². The molecule has 0 atom stereocenters. The van der Waals surface area contributed by atoms with E-state index < -0.39 is 0 Å². The molecule has 1 aromatic carbocycles. The largest absolute Gasteiger partial charge is 0.378 e. The summed E-state index contributed by atoms with van der Waals surface area (Å²) in [6.07, 6.45) is 3.79. The molecule has 24 heavy (non-hydrogen) atoms. The van der Waals surface area contributed by atoms with E-state index in [1.54, 1.807) is 0 Å². The molecule has 0 radical (unpaired) electrons. The smallest absolute Gasteiger partial charge is 0.198 e. The Balaban J connectivity index is 2.13. The Morgan fingerprint density at radius 3 is 2.33 bits per heavy atom. The minimum Gasteiger partial charge on any atom is -0.378 e. The number of piperidine rings is 1. The fraction of sp³-hybridized carbons (Fsp3) is 0.632. The number of nitrogens with two attached hydrogens (primary N) is 1. The van der Waals surface area contributed by atoms with Crippen molar-refractivity contribution >= 4 is 17.3 Å². The van der Waals surface area contributed by atoms with E-state index in [0.717, 1.165) is 31.3 Å². The first-order valence-corrected chi connectivity index (χ1v) is 8.95. The number of likely N-dealkylation sites (tertiary alicyclic amines) is 1. The molecule has 134 valence electrons. The van der Waals surface area contributed by atoms with Crippen LogP contribution in [0.15, 0.2) is 29.3 Å². The maximum absolute atomic E-state index is 5.86. The number of hydrogen-bond acceptors (Lipinski definition) is 3. The highest BCUT2D eigenvalue weighted by atomic mass is 15.3. The van der Waals surface area contributed by atoms with Crippen LogP contribution < -0.4 is 16.0 Å². The van der Waals surface area contributed by atoms with Crippen LogP contribution in [-0.2, 0) is 0 Å². The summed E-state index contributed by atoms with van der Waals surface area (Å²) in [6, 6.07) is 8.48. The SMILES string of the molecule is CN(C)c1ccc(NC(=NCC(C)(C)CN)N2CCCCC2)cc1. The van der Waals surface area contributed by atoms with Gasteiger partial charge in [0.05, 0.1) is 0 Å². The van der Waals surface area contributed by atoms with Gasteiger partial charge in [0.15, 0.2) is 5.96 Å². The van der Waals surface area contributed by atoms with E-state index in [9.17, 15) is 0 Å². The molecule has 0 unspecified atom stereocenters. The molecule has 3 N–H and O–H groups in total. The van der Waals surface area contributed by atoms with Gasteiger partial charge in [-0.2, -0.15) is 0 Å². The number of anilines is 2. The molecule has 2 rings (SSSR count). The zero-order valence-electron chi connectivity index (χ0n) is 15.7. The lowest BCUT2D eigenvalue weighted by atomic mass is 9.94. The fourth-order valence-corrected chi connectivity index (χ4v) is 2.65. The third-order valence-corrected chi connectivity index (χ3v) is 4.50. The van der Waals surface area contributed by atoms with E-state index >= 15 is 0 Å². The summed E-state index contributed by atoms with van der Waals surface area (Å²) < 4.78 is 0. The van der Waals surface area contributed by atoms with Crippen LogP contribution in [0, 0.1) is 5.41 Å². The first-order valence-electron chi connectivity index (χ1n) is 8.95. The lowest BCUT2D eigenvalue weighted by Crippen LogP contribution is -2.41. The summed E-state index contributed by atoms with van der Waals surface area (Å²) in [5.41, 5.74) is 8.16. The van der Waals surface area contributed by atoms with E-state index in [1.165, 1.54) is 24.9 Å². The summed E-state index contributed by atoms with van der Waals surface area (Å²) in [5.74, 6) is 0.980.